The Morgan fingerprint density at radius 3 is 2.00 bits per heavy atom. The summed E-state index contributed by atoms with van der Waals surface area (Å²) in [6, 6.07) is 4.83. The lowest BCUT2D eigenvalue weighted by Gasteiger charge is -2.24. The van der Waals surface area contributed by atoms with Crippen molar-refractivity contribution in [2.24, 2.45) is 5.73 Å². The third kappa shape index (κ3) is 8.76. The molecule has 0 radical (unpaired) electrons. The second-order valence-corrected chi connectivity index (χ2v) is 13.6. The number of rotatable bonds is 14. The molecule has 3 amide bonds. The summed E-state index contributed by atoms with van der Waals surface area (Å²) in [5, 5.41) is 6.70. The molecule has 0 spiro atoms. The number of hydroxylamine groups is 1. The van der Waals surface area contributed by atoms with Crippen LogP contribution in [0.4, 0.5) is 0 Å². The second-order valence-electron chi connectivity index (χ2n) is 13.6. The maximum atomic E-state index is 14.0. The molecule has 0 aliphatic heterocycles. The minimum Gasteiger partial charge on any atom is -0.361 e. The predicted octanol–water partition coefficient (Wildman–Crippen LogP) is 3.71. The van der Waals surface area contributed by atoms with E-state index in [0.29, 0.717) is 11.8 Å². The standard InChI is InChI=1S/C36H49N9O4/c1-49-45-36(48)31(18-26-21-40-33(42-26)23-12-6-3-7-13-23)44-35(47)30(16-24-19-38-29-15-9-8-14-27(24)29)43-34(46)28(37)17-25-20-39-32(41-25)22-10-4-2-5-11-22/h8-9,14-15,19-23,28,30-31,38H,2-7,10-13,16-18,37H2,1H3,(H,39,41)(H,40,42)(H,43,46)(H,44,47)(H,45,48)/t28-,30-,31-/m0/s1. The summed E-state index contributed by atoms with van der Waals surface area (Å²) < 4.78 is 0. The van der Waals surface area contributed by atoms with E-state index in [1.807, 2.05) is 30.5 Å². The van der Waals surface area contributed by atoms with Crippen LogP contribution in [0.25, 0.3) is 10.9 Å². The van der Waals surface area contributed by atoms with Crippen molar-refractivity contribution < 1.29 is 19.2 Å². The summed E-state index contributed by atoms with van der Waals surface area (Å²) >= 11 is 0. The van der Waals surface area contributed by atoms with Crippen molar-refractivity contribution in [3.8, 4) is 0 Å². The normalized spacial score (nSPS) is 17.8. The molecule has 0 saturated heterocycles. The zero-order chi connectivity index (χ0) is 34.2. The first-order valence-electron chi connectivity index (χ1n) is 17.7. The number of benzene rings is 1. The van der Waals surface area contributed by atoms with E-state index in [4.69, 9.17) is 10.6 Å². The Kier molecular flexibility index (Phi) is 11.4. The number of imidazole rings is 2. The summed E-state index contributed by atoms with van der Waals surface area (Å²) in [5.74, 6) is 1.11. The summed E-state index contributed by atoms with van der Waals surface area (Å²) in [5.41, 5.74) is 12.0. The Balaban J connectivity index is 1.17. The zero-order valence-electron chi connectivity index (χ0n) is 28.2. The van der Waals surface area contributed by atoms with E-state index in [2.05, 4.69) is 41.0 Å². The van der Waals surface area contributed by atoms with Gasteiger partial charge in [-0.2, -0.15) is 0 Å². The number of nitrogens with two attached hydrogens (primary N) is 1. The number of nitrogens with one attached hydrogen (secondary N) is 6. The molecule has 4 aromatic rings. The lowest BCUT2D eigenvalue weighted by molar-refractivity contribution is -0.137. The van der Waals surface area contributed by atoms with Crippen molar-refractivity contribution in [1.29, 1.82) is 0 Å². The molecule has 3 atom stereocenters. The lowest BCUT2D eigenvalue weighted by Crippen LogP contribution is -2.57. The van der Waals surface area contributed by atoms with E-state index in [9.17, 15) is 14.4 Å². The van der Waals surface area contributed by atoms with Gasteiger partial charge < -0.3 is 31.3 Å². The minimum atomic E-state index is -1.02. The fourth-order valence-corrected chi connectivity index (χ4v) is 7.34. The highest BCUT2D eigenvalue weighted by Gasteiger charge is 2.30. The van der Waals surface area contributed by atoms with Crippen LogP contribution in [0.3, 0.4) is 0 Å². The van der Waals surface area contributed by atoms with Crippen molar-refractivity contribution in [3.05, 3.63) is 71.5 Å². The second kappa shape index (κ2) is 16.3. The average molecular weight is 672 g/mol. The molecule has 8 N–H and O–H groups in total. The molecule has 13 nitrogen and oxygen atoms in total. The maximum absolute atomic E-state index is 14.0. The predicted molar refractivity (Wildman–Crippen MR) is 185 cm³/mol. The molecule has 3 heterocycles. The Bertz CT molecular complexity index is 1700. The van der Waals surface area contributed by atoms with E-state index in [0.717, 1.165) is 65.2 Å². The van der Waals surface area contributed by atoms with Gasteiger partial charge in [0, 0.05) is 72.0 Å². The molecule has 13 heteroatoms. The number of carbonyl (C=O) groups excluding carboxylic acids is 3. The molecular weight excluding hydrogens is 622 g/mol. The smallest absolute Gasteiger partial charge is 0.266 e. The van der Waals surface area contributed by atoms with Crippen LogP contribution < -0.4 is 21.8 Å². The molecule has 2 aliphatic rings. The van der Waals surface area contributed by atoms with E-state index in [1.54, 1.807) is 12.4 Å². The zero-order valence-corrected chi connectivity index (χ0v) is 28.2. The molecular formula is C36H49N9O4. The Labute approximate surface area is 286 Å². The summed E-state index contributed by atoms with van der Waals surface area (Å²) in [7, 11) is 1.34. The molecule has 49 heavy (non-hydrogen) atoms. The van der Waals surface area contributed by atoms with Crippen molar-refractivity contribution >= 4 is 28.6 Å². The third-order valence-corrected chi connectivity index (χ3v) is 10.0. The van der Waals surface area contributed by atoms with Crippen LogP contribution in [-0.4, -0.2) is 67.9 Å². The van der Waals surface area contributed by atoms with Gasteiger partial charge in [-0.25, -0.2) is 15.4 Å². The first-order valence-corrected chi connectivity index (χ1v) is 17.7. The molecule has 1 aromatic carbocycles. The number of hydrogen-bond acceptors (Lipinski definition) is 7. The van der Waals surface area contributed by atoms with Crippen LogP contribution in [0.2, 0.25) is 0 Å². The molecule has 0 bridgehead atoms. The number of aromatic amines is 3. The van der Waals surface area contributed by atoms with Crippen molar-refractivity contribution in [3.63, 3.8) is 0 Å². The molecule has 2 fully saturated rings. The van der Waals surface area contributed by atoms with E-state index in [1.165, 1.54) is 45.6 Å². The van der Waals surface area contributed by atoms with Crippen LogP contribution in [-0.2, 0) is 38.5 Å². The Morgan fingerprint density at radius 1 is 0.796 bits per heavy atom. The average Bonchev–Trinajstić information content (AvgIpc) is 3.89. The van der Waals surface area contributed by atoms with Crippen LogP contribution in [0, 0.1) is 0 Å². The topological polar surface area (TPSA) is 196 Å². The molecule has 2 aliphatic carbocycles. The van der Waals surface area contributed by atoms with E-state index < -0.39 is 35.8 Å². The van der Waals surface area contributed by atoms with Crippen LogP contribution in [0.15, 0.2) is 42.9 Å². The summed E-state index contributed by atoms with van der Waals surface area (Å²) in [4.78, 5) is 64.8. The van der Waals surface area contributed by atoms with Gasteiger partial charge in [-0.3, -0.25) is 19.2 Å². The van der Waals surface area contributed by atoms with Crippen LogP contribution >= 0.6 is 0 Å². The quantitative estimate of drug-likeness (QED) is 0.0992. The van der Waals surface area contributed by atoms with Gasteiger partial charge in [0.25, 0.3) is 5.91 Å². The Hall–Kier alpha value is -4.49. The van der Waals surface area contributed by atoms with Gasteiger partial charge in [0.2, 0.25) is 11.8 Å². The SMILES string of the molecule is CONC(=O)[C@H](Cc1cnc(C2CCCCC2)[nH]1)NC(=O)[C@H](Cc1c[nH]c2ccccc12)NC(=O)[C@@H](N)Cc1cnc(C2CCCCC2)[nH]1. The number of nitrogens with zero attached hydrogens (tertiary/aromatic N) is 2. The van der Waals surface area contributed by atoms with Gasteiger partial charge in [-0.1, -0.05) is 56.7 Å². The molecule has 2 saturated carbocycles. The van der Waals surface area contributed by atoms with Crippen molar-refractivity contribution in [2.75, 3.05) is 7.11 Å². The third-order valence-electron chi connectivity index (χ3n) is 10.0. The van der Waals surface area contributed by atoms with Gasteiger partial charge in [0.05, 0.1) is 13.2 Å². The number of hydrogen-bond donors (Lipinski definition) is 7. The minimum absolute atomic E-state index is 0.164. The molecule has 3 aromatic heterocycles. The first kappa shape index (κ1) is 34.4. The molecule has 6 rings (SSSR count). The van der Waals surface area contributed by atoms with Gasteiger partial charge in [-0.15, -0.1) is 0 Å². The lowest BCUT2D eigenvalue weighted by atomic mass is 9.89. The number of H-pyrrole nitrogens is 3. The van der Waals surface area contributed by atoms with Gasteiger partial charge >= 0.3 is 0 Å². The monoisotopic (exact) mass is 671 g/mol. The van der Waals surface area contributed by atoms with Gasteiger partial charge in [0.15, 0.2) is 0 Å². The maximum Gasteiger partial charge on any atom is 0.266 e. The fourth-order valence-electron chi connectivity index (χ4n) is 7.34. The van der Waals surface area contributed by atoms with Crippen molar-refractivity contribution in [1.82, 2.24) is 41.0 Å². The number of fused-ring (bicyclic) bond motifs is 1. The van der Waals surface area contributed by atoms with Crippen LogP contribution in [0.1, 0.15) is 105 Å². The summed E-state index contributed by atoms with van der Waals surface area (Å²) in [6.07, 6.45) is 17.5. The Morgan fingerprint density at radius 2 is 1.37 bits per heavy atom. The number of aromatic nitrogens is 5. The highest BCUT2D eigenvalue weighted by molar-refractivity contribution is 5.94. The van der Waals surface area contributed by atoms with E-state index >= 15 is 0 Å². The van der Waals surface area contributed by atoms with Gasteiger partial charge in [0.1, 0.15) is 23.7 Å². The molecule has 262 valence electrons. The highest BCUT2D eigenvalue weighted by atomic mass is 16.6. The molecule has 0 unspecified atom stereocenters. The number of para-hydroxylation sites is 1. The highest BCUT2D eigenvalue weighted by Crippen LogP contribution is 2.32. The fraction of sp³-hybridized carbons (Fsp3) is 0.528. The van der Waals surface area contributed by atoms with Crippen molar-refractivity contribution in [2.45, 2.75) is 113 Å². The van der Waals surface area contributed by atoms with E-state index in [-0.39, 0.29) is 19.3 Å². The van der Waals surface area contributed by atoms with Gasteiger partial charge in [-0.05, 0) is 37.3 Å². The van der Waals surface area contributed by atoms with Crippen LogP contribution in [0.5, 0.6) is 0 Å². The first-order chi connectivity index (χ1) is 23.9. The summed E-state index contributed by atoms with van der Waals surface area (Å²) in [6.45, 7) is 0. The largest absolute Gasteiger partial charge is 0.361 e. The number of amides is 3. The number of carbonyl (C=O) groups is 3.